The molecule has 6 nitrogen and oxygen atoms in total. The van der Waals surface area contributed by atoms with Crippen LogP contribution in [0.4, 0.5) is 0 Å². The van der Waals surface area contributed by atoms with Crippen molar-refractivity contribution in [2.75, 3.05) is 26.5 Å². The summed E-state index contributed by atoms with van der Waals surface area (Å²) in [5, 5.41) is 1.09. The molecule has 0 aliphatic rings. The van der Waals surface area contributed by atoms with Gasteiger partial charge in [0, 0.05) is 20.7 Å². The Hall–Kier alpha value is -2.64. The van der Waals surface area contributed by atoms with E-state index < -0.39 is 0 Å². The van der Waals surface area contributed by atoms with Crippen molar-refractivity contribution in [1.29, 1.82) is 0 Å². The van der Waals surface area contributed by atoms with Crippen LogP contribution in [-0.2, 0) is 16.1 Å². The van der Waals surface area contributed by atoms with Crippen LogP contribution in [0.3, 0.4) is 0 Å². The van der Waals surface area contributed by atoms with Crippen molar-refractivity contribution in [3.8, 4) is 0 Å². The third kappa shape index (κ3) is 5.05. The van der Waals surface area contributed by atoms with E-state index in [0.717, 1.165) is 5.56 Å². The summed E-state index contributed by atoms with van der Waals surface area (Å²) in [4.78, 5) is 32.0. The zero-order valence-corrected chi connectivity index (χ0v) is 17.7. The van der Waals surface area contributed by atoms with Crippen molar-refractivity contribution < 1.29 is 9.53 Å². The number of nitrogens with zero attached hydrogens (tertiary/aromatic N) is 3. The largest absolute Gasteiger partial charge is 0.383 e. The smallest absolute Gasteiger partial charge is 0.262 e. The average molecular weight is 412 g/mol. The molecule has 1 heterocycles. The molecule has 3 aromatic rings. The zero-order chi connectivity index (χ0) is 20.8. The first-order chi connectivity index (χ1) is 14.0. The molecular formula is C22H25N3O3S. The van der Waals surface area contributed by atoms with E-state index in [1.165, 1.54) is 11.8 Å². The Bertz CT molecular complexity index is 1040. The van der Waals surface area contributed by atoms with Gasteiger partial charge in [0.15, 0.2) is 5.16 Å². The highest BCUT2D eigenvalue weighted by molar-refractivity contribution is 7.99. The minimum Gasteiger partial charge on any atom is -0.383 e. The average Bonchev–Trinajstić information content (AvgIpc) is 2.73. The maximum atomic E-state index is 13.0. The van der Waals surface area contributed by atoms with Crippen LogP contribution in [-0.4, -0.2) is 46.9 Å². The SMILES string of the molecule is COC[C@@H](C)n1c(SCC(=O)N(C)Cc2ccccc2)nc2ccccc2c1=O. The molecule has 1 amide bonds. The van der Waals surface area contributed by atoms with Gasteiger partial charge in [-0.15, -0.1) is 0 Å². The Morgan fingerprint density at radius 2 is 1.86 bits per heavy atom. The quantitative estimate of drug-likeness (QED) is 0.420. The number of methoxy groups -OCH3 is 1. The lowest BCUT2D eigenvalue weighted by Gasteiger charge is -2.20. The van der Waals surface area contributed by atoms with Gasteiger partial charge in [0.25, 0.3) is 5.56 Å². The van der Waals surface area contributed by atoms with Crippen molar-refractivity contribution >= 4 is 28.6 Å². The van der Waals surface area contributed by atoms with Crippen molar-refractivity contribution in [2.45, 2.75) is 24.7 Å². The molecule has 1 atom stereocenters. The molecule has 2 aromatic carbocycles. The molecule has 0 fully saturated rings. The summed E-state index contributed by atoms with van der Waals surface area (Å²) < 4.78 is 6.86. The maximum Gasteiger partial charge on any atom is 0.262 e. The number of amides is 1. The summed E-state index contributed by atoms with van der Waals surface area (Å²) >= 11 is 1.28. The van der Waals surface area contributed by atoms with E-state index >= 15 is 0 Å². The standard InChI is InChI=1S/C22H25N3O3S/c1-16(14-28-3)25-21(27)18-11-7-8-12-19(18)23-22(25)29-15-20(26)24(2)13-17-9-5-4-6-10-17/h4-12,16H,13-15H2,1-3H3/t16-/m1/s1. The Labute approximate surface area is 174 Å². The van der Waals surface area contributed by atoms with Crippen LogP contribution in [0.15, 0.2) is 64.5 Å². The number of aromatic nitrogens is 2. The number of hydrogen-bond donors (Lipinski definition) is 0. The molecular weight excluding hydrogens is 386 g/mol. The number of rotatable bonds is 8. The Morgan fingerprint density at radius 3 is 2.59 bits per heavy atom. The molecule has 0 aliphatic heterocycles. The van der Waals surface area contributed by atoms with Crippen molar-refractivity contribution in [3.05, 3.63) is 70.5 Å². The number of carbonyl (C=O) groups excluding carboxylic acids is 1. The summed E-state index contributed by atoms with van der Waals surface area (Å²) in [6.45, 7) is 2.84. The van der Waals surface area contributed by atoms with Gasteiger partial charge in [-0.05, 0) is 24.6 Å². The highest BCUT2D eigenvalue weighted by Crippen LogP contribution is 2.21. The molecule has 1 aromatic heterocycles. The van der Waals surface area contributed by atoms with E-state index in [1.807, 2.05) is 55.5 Å². The van der Waals surface area contributed by atoms with Crippen LogP contribution < -0.4 is 5.56 Å². The predicted molar refractivity (Wildman–Crippen MR) is 116 cm³/mol. The molecule has 152 valence electrons. The lowest BCUT2D eigenvalue weighted by molar-refractivity contribution is -0.127. The molecule has 0 unspecified atom stereocenters. The van der Waals surface area contributed by atoms with Crippen LogP contribution >= 0.6 is 11.8 Å². The topological polar surface area (TPSA) is 64.4 Å². The third-order valence-corrected chi connectivity index (χ3v) is 5.57. The normalized spacial score (nSPS) is 12.1. The predicted octanol–water partition coefficient (Wildman–Crippen LogP) is 3.35. The van der Waals surface area contributed by atoms with Gasteiger partial charge in [-0.2, -0.15) is 0 Å². The fourth-order valence-electron chi connectivity index (χ4n) is 3.11. The van der Waals surface area contributed by atoms with Crippen LogP contribution in [0.2, 0.25) is 0 Å². The second-order valence-electron chi connectivity index (χ2n) is 6.92. The van der Waals surface area contributed by atoms with E-state index in [9.17, 15) is 9.59 Å². The molecule has 0 N–H and O–H groups in total. The van der Waals surface area contributed by atoms with Crippen molar-refractivity contribution in [1.82, 2.24) is 14.5 Å². The number of carbonyl (C=O) groups is 1. The van der Waals surface area contributed by atoms with Crippen LogP contribution in [0.5, 0.6) is 0 Å². The molecule has 0 spiro atoms. The first-order valence-corrected chi connectivity index (χ1v) is 10.4. The minimum absolute atomic E-state index is 0.0211. The lowest BCUT2D eigenvalue weighted by Crippen LogP contribution is -2.30. The Balaban J connectivity index is 1.82. The summed E-state index contributed by atoms with van der Waals surface area (Å²) in [6, 6.07) is 16.9. The second kappa shape index (κ2) is 9.71. The number of para-hydroxylation sites is 1. The van der Waals surface area contributed by atoms with E-state index in [0.29, 0.717) is 29.2 Å². The molecule has 0 aliphatic carbocycles. The van der Waals surface area contributed by atoms with Gasteiger partial charge in [0.05, 0.1) is 29.3 Å². The zero-order valence-electron chi connectivity index (χ0n) is 16.9. The van der Waals surface area contributed by atoms with Gasteiger partial charge in [0.2, 0.25) is 5.91 Å². The number of ether oxygens (including phenoxy) is 1. The van der Waals surface area contributed by atoms with Gasteiger partial charge in [-0.1, -0.05) is 54.2 Å². The molecule has 29 heavy (non-hydrogen) atoms. The molecule has 0 bridgehead atoms. The fourth-order valence-corrected chi connectivity index (χ4v) is 4.15. The summed E-state index contributed by atoms with van der Waals surface area (Å²) in [7, 11) is 3.38. The maximum absolute atomic E-state index is 13.0. The van der Waals surface area contributed by atoms with E-state index in [2.05, 4.69) is 4.98 Å². The van der Waals surface area contributed by atoms with Gasteiger partial charge in [0.1, 0.15) is 0 Å². The van der Waals surface area contributed by atoms with Crippen molar-refractivity contribution in [3.63, 3.8) is 0 Å². The first-order valence-electron chi connectivity index (χ1n) is 9.42. The highest BCUT2D eigenvalue weighted by Gasteiger charge is 2.18. The summed E-state index contributed by atoms with van der Waals surface area (Å²) in [5.74, 6) is 0.181. The number of benzene rings is 2. The summed E-state index contributed by atoms with van der Waals surface area (Å²) in [6.07, 6.45) is 0. The Morgan fingerprint density at radius 1 is 1.17 bits per heavy atom. The molecule has 3 rings (SSSR count). The summed E-state index contributed by atoms with van der Waals surface area (Å²) in [5.41, 5.74) is 1.58. The molecule has 0 saturated heterocycles. The van der Waals surface area contributed by atoms with Crippen LogP contribution in [0, 0.1) is 0 Å². The first kappa shape index (κ1) is 21.1. The van der Waals surface area contributed by atoms with E-state index in [-0.39, 0.29) is 23.3 Å². The van der Waals surface area contributed by atoms with Gasteiger partial charge >= 0.3 is 0 Å². The van der Waals surface area contributed by atoms with Crippen LogP contribution in [0.25, 0.3) is 10.9 Å². The van der Waals surface area contributed by atoms with Gasteiger partial charge < -0.3 is 9.64 Å². The van der Waals surface area contributed by atoms with E-state index in [4.69, 9.17) is 4.74 Å². The van der Waals surface area contributed by atoms with Gasteiger partial charge in [-0.3, -0.25) is 14.2 Å². The highest BCUT2D eigenvalue weighted by atomic mass is 32.2. The number of thioether (sulfide) groups is 1. The molecule has 0 saturated carbocycles. The molecule has 7 heteroatoms. The number of fused-ring (bicyclic) bond motifs is 1. The third-order valence-electron chi connectivity index (χ3n) is 4.64. The monoisotopic (exact) mass is 411 g/mol. The van der Waals surface area contributed by atoms with Gasteiger partial charge in [-0.25, -0.2) is 4.98 Å². The van der Waals surface area contributed by atoms with Crippen LogP contribution in [0.1, 0.15) is 18.5 Å². The fraction of sp³-hybridized carbons (Fsp3) is 0.318. The number of hydrogen-bond acceptors (Lipinski definition) is 5. The molecule has 0 radical (unpaired) electrons. The lowest BCUT2D eigenvalue weighted by atomic mass is 10.2. The van der Waals surface area contributed by atoms with Crippen molar-refractivity contribution in [2.24, 2.45) is 0 Å². The second-order valence-corrected chi connectivity index (χ2v) is 7.86. The minimum atomic E-state index is -0.191. The van der Waals surface area contributed by atoms with E-state index in [1.54, 1.807) is 29.7 Å². The Kier molecular flexibility index (Phi) is 7.06.